The fourth-order valence-electron chi connectivity index (χ4n) is 1.13. The van der Waals surface area contributed by atoms with Gasteiger partial charge in [-0.2, -0.15) is 0 Å². The third-order valence-electron chi connectivity index (χ3n) is 1.68. The predicted octanol–water partition coefficient (Wildman–Crippen LogP) is 2.54. The highest BCUT2D eigenvalue weighted by atomic mass is 14.6. The van der Waals surface area contributed by atoms with E-state index in [0.29, 0.717) is 6.17 Å². The second-order valence-electron chi connectivity index (χ2n) is 2.60. The summed E-state index contributed by atoms with van der Waals surface area (Å²) in [5.41, 5.74) is 0.902. The van der Waals surface area contributed by atoms with Gasteiger partial charge in [-0.15, -0.1) is 0 Å². The highest BCUT2D eigenvalue weighted by Gasteiger charge is 1.90. The first kappa shape index (κ1) is 5.30. The molecule has 0 fully saturated rings. The quantitative estimate of drug-likeness (QED) is 0.553. The lowest BCUT2D eigenvalue weighted by atomic mass is 10.1. The second-order valence-corrected chi connectivity index (χ2v) is 2.60. The summed E-state index contributed by atoms with van der Waals surface area (Å²) in [7, 11) is 0. The summed E-state index contributed by atoms with van der Waals surface area (Å²) in [6.07, 6.45) is 0.366. The van der Waals surface area contributed by atoms with Crippen LogP contribution in [-0.2, 0) is 0 Å². The summed E-state index contributed by atoms with van der Waals surface area (Å²) in [5.74, 6) is 0. The van der Waals surface area contributed by atoms with Gasteiger partial charge in [-0.05, 0) is 18.4 Å². The molecule has 0 N–H and O–H groups in total. The van der Waals surface area contributed by atoms with Crippen molar-refractivity contribution >= 4 is 10.8 Å². The monoisotopic (exact) mass is 144 g/mol. The zero-order valence-corrected chi connectivity index (χ0v) is 6.33. The molecule has 0 aliphatic heterocycles. The van der Waals surface area contributed by atoms with Gasteiger partial charge in [0.05, 0.1) is 1.37 Å². The lowest BCUT2D eigenvalue weighted by molar-refractivity contribution is 1.22. The van der Waals surface area contributed by atoms with E-state index < -0.39 is 0 Å². The normalized spacial score (nSPS) is 11.5. The SMILES string of the molecule is [2H]c1nc(C)cc2ccccc12. The van der Waals surface area contributed by atoms with Gasteiger partial charge in [-0.1, -0.05) is 24.3 Å². The van der Waals surface area contributed by atoms with Crippen LogP contribution in [0.25, 0.3) is 10.8 Å². The zero-order chi connectivity index (χ0) is 8.55. The summed E-state index contributed by atoms with van der Waals surface area (Å²) >= 11 is 0. The molecule has 2 aromatic rings. The van der Waals surface area contributed by atoms with Crippen LogP contribution in [0.5, 0.6) is 0 Å². The van der Waals surface area contributed by atoms with Gasteiger partial charge in [0, 0.05) is 17.3 Å². The average Bonchev–Trinajstić information content (AvgIpc) is 2.04. The van der Waals surface area contributed by atoms with E-state index in [1.807, 2.05) is 37.3 Å². The predicted molar refractivity (Wildman–Crippen MR) is 46.5 cm³/mol. The molecule has 0 aliphatic rings. The van der Waals surface area contributed by atoms with Crippen LogP contribution in [0.1, 0.15) is 7.06 Å². The maximum absolute atomic E-state index is 7.59. The molecule has 1 heteroatoms. The Morgan fingerprint density at radius 1 is 1.27 bits per heavy atom. The minimum absolute atomic E-state index is 0.366. The van der Waals surface area contributed by atoms with Gasteiger partial charge in [-0.3, -0.25) is 4.98 Å². The summed E-state index contributed by atoms with van der Waals surface area (Å²) in [6, 6.07) is 9.82. The van der Waals surface area contributed by atoms with Crippen molar-refractivity contribution in [1.82, 2.24) is 4.98 Å². The molecule has 0 spiro atoms. The molecule has 0 atom stereocenters. The van der Waals surface area contributed by atoms with Gasteiger partial charge in [0.1, 0.15) is 0 Å². The van der Waals surface area contributed by atoms with Crippen LogP contribution in [-0.4, -0.2) is 4.98 Å². The maximum Gasteiger partial charge on any atom is 0.0847 e. The van der Waals surface area contributed by atoms with Gasteiger partial charge >= 0.3 is 0 Å². The van der Waals surface area contributed by atoms with Gasteiger partial charge < -0.3 is 0 Å². The fourth-order valence-corrected chi connectivity index (χ4v) is 1.13. The first-order chi connectivity index (χ1) is 5.77. The van der Waals surface area contributed by atoms with E-state index in [0.717, 1.165) is 16.5 Å². The molecule has 11 heavy (non-hydrogen) atoms. The number of aryl methyl sites for hydroxylation is 1. The number of pyridine rings is 1. The van der Waals surface area contributed by atoms with E-state index >= 15 is 0 Å². The van der Waals surface area contributed by atoms with Crippen molar-refractivity contribution in [2.24, 2.45) is 0 Å². The Balaban J connectivity index is 2.89. The molecule has 0 radical (unpaired) electrons. The lowest BCUT2D eigenvalue weighted by Crippen LogP contribution is -1.79. The third-order valence-corrected chi connectivity index (χ3v) is 1.68. The first-order valence-corrected chi connectivity index (χ1v) is 3.60. The van der Waals surface area contributed by atoms with Crippen LogP contribution in [0.3, 0.4) is 0 Å². The number of hydrogen-bond acceptors (Lipinski definition) is 1. The number of fused-ring (bicyclic) bond motifs is 1. The Kier molecular flexibility index (Phi) is 1.13. The molecule has 1 heterocycles. The van der Waals surface area contributed by atoms with Crippen LogP contribution >= 0.6 is 0 Å². The Labute approximate surface area is 67.1 Å². The van der Waals surface area contributed by atoms with Crippen LogP contribution in [0.4, 0.5) is 0 Å². The summed E-state index contributed by atoms with van der Waals surface area (Å²) in [4.78, 5) is 4.07. The van der Waals surface area contributed by atoms with Gasteiger partial charge in [0.25, 0.3) is 0 Å². The van der Waals surface area contributed by atoms with Crippen LogP contribution in [0.15, 0.2) is 36.5 Å². The smallest absolute Gasteiger partial charge is 0.0847 e. The molecule has 0 bridgehead atoms. The van der Waals surface area contributed by atoms with E-state index in [1.54, 1.807) is 0 Å². The van der Waals surface area contributed by atoms with E-state index in [1.165, 1.54) is 0 Å². The van der Waals surface area contributed by atoms with Crippen molar-refractivity contribution in [2.75, 3.05) is 0 Å². The number of nitrogens with zero attached hydrogens (tertiary/aromatic N) is 1. The maximum atomic E-state index is 7.59. The van der Waals surface area contributed by atoms with Crippen molar-refractivity contribution in [1.29, 1.82) is 0 Å². The van der Waals surface area contributed by atoms with E-state index in [2.05, 4.69) is 4.98 Å². The molecule has 1 aromatic heterocycles. The number of benzene rings is 1. The third kappa shape index (κ3) is 1.09. The summed E-state index contributed by atoms with van der Waals surface area (Å²) in [5, 5.41) is 2.01. The molecule has 0 saturated carbocycles. The standard InChI is InChI=1S/C10H9N/c1-8-6-9-4-2-3-5-10(9)7-11-8/h2-7H,1H3/i7D. The van der Waals surface area contributed by atoms with E-state index in [4.69, 9.17) is 1.37 Å². The Morgan fingerprint density at radius 3 is 2.82 bits per heavy atom. The number of hydrogen-bond donors (Lipinski definition) is 0. The molecule has 54 valence electrons. The number of aromatic nitrogens is 1. The van der Waals surface area contributed by atoms with Crippen molar-refractivity contribution in [2.45, 2.75) is 6.92 Å². The topological polar surface area (TPSA) is 12.9 Å². The van der Waals surface area contributed by atoms with E-state index in [9.17, 15) is 0 Å². The molecular weight excluding hydrogens is 134 g/mol. The van der Waals surface area contributed by atoms with Crippen LogP contribution < -0.4 is 0 Å². The highest BCUT2D eigenvalue weighted by Crippen LogP contribution is 2.12. The zero-order valence-electron chi connectivity index (χ0n) is 7.33. The summed E-state index contributed by atoms with van der Waals surface area (Å²) in [6.45, 7) is 1.91. The average molecular weight is 144 g/mol. The molecule has 2 rings (SSSR count). The minimum Gasteiger partial charge on any atom is -0.261 e. The lowest BCUT2D eigenvalue weighted by Gasteiger charge is -1.96. The van der Waals surface area contributed by atoms with E-state index in [-0.39, 0.29) is 0 Å². The largest absolute Gasteiger partial charge is 0.261 e. The van der Waals surface area contributed by atoms with Gasteiger partial charge in [0.2, 0.25) is 0 Å². The Morgan fingerprint density at radius 2 is 2.00 bits per heavy atom. The minimum atomic E-state index is 0.366. The molecular formula is C10H9N. The van der Waals surface area contributed by atoms with Crippen molar-refractivity contribution in [3.05, 3.63) is 42.2 Å². The van der Waals surface area contributed by atoms with Crippen molar-refractivity contribution in [3.8, 4) is 0 Å². The molecule has 1 nitrogen and oxygen atoms in total. The fraction of sp³-hybridized carbons (Fsp3) is 0.100. The second kappa shape index (κ2) is 2.35. The van der Waals surface area contributed by atoms with Crippen molar-refractivity contribution in [3.63, 3.8) is 0 Å². The molecule has 0 saturated heterocycles. The van der Waals surface area contributed by atoms with Gasteiger partial charge in [0.15, 0.2) is 0 Å². The molecule has 0 aliphatic carbocycles. The van der Waals surface area contributed by atoms with Crippen LogP contribution in [0.2, 0.25) is 0 Å². The van der Waals surface area contributed by atoms with Gasteiger partial charge in [-0.25, -0.2) is 0 Å². The Bertz CT molecular complexity index is 423. The van der Waals surface area contributed by atoms with Crippen molar-refractivity contribution < 1.29 is 1.37 Å². The number of rotatable bonds is 0. The highest BCUT2D eigenvalue weighted by molar-refractivity contribution is 5.81. The molecule has 0 unspecified atom stereocenters. The molecule has 1 aromatic carbocycles. The van der Waals surface area contributed by atoms with Crippen LogP contribution in [0, 0.1) is 6.92 Å². The molecule has 0 amide bonds. The first-order valence-electron chi connectivity index (χ1n) is 4.10. The summed E-state index contributed by atoms with van der Waals surface area (Å²) < 4.78 is 7.59. The Hall–Kier alpha value is -1.37.